The maximum absolute atomic E-state index is 6.16. The van der Waals surface area contributed by atoms with Gasteiger partial charge in [-0.1, -0.05) is 18.9 Å². The minimum absolute atomic E-state index is 0.134. The zero-order valence-corrected chi connectivity index (χ0v) is 13.4. The molecule has 0 bridgehead atoms. The Kier molecular flexibility index (Phi) is 3.76. The van der Waals surface area contributed by atoms with E-state index >= 15 is 0 Å². The van der Waals surface area contributed by atoms with E-state index in [1.54, 1.807) is 0 Å². The van der Waals surface area contributed by atoms with Gasteiger partial charge in [0.05, 0.1) is 11.2 Å². The topological polar surface area (TPSA) is 21.7 Å². The molecule has 2 aliphatic heterocycles. The quantitative estimate of drug-likeness (QED) is 0.723. The van der Waals surface area contributed by atoms with Gasteiger partial charge in [0.1, 0.15) is 0 Å². The Morgan fingerprint density at radius 3 is 2.20 bits per heavy atom. The molecule has 0 aromatic rings. The van der Waals surface area contributed by atoms with Crippen LogP contribution < -0.4 is 0 Å². The van der Waals surface area contributed by atoms with Gasteiger partial charge in [0.15, 0.2) is 0 Å². The Morgan fingerprint density at radius 1 is 1.10 bits per heavy atom. The highest BCUT2D eigenvalue weighted by Gasteiger charge is 2.52. The molecule has 0 unspecified atom stereocenters. The van der Waals surface area contributed by atoms with Crippen LogP contribution in [0, 0.1) is 0 Å². The SMILES string of the molecule is CC1(C)OB(C2=CCN(C3CCCC3)CC2)OC1(C)C. The van der Waals surface area contributed by atoms with Crippen LogP contribution in [0.15, 0.2) is 11.5 Å². The van der Waals surface area contributed by atoms with Crippen LogP contribution in [0.1, 0.15) is 59.8 Å². The molecule has 2 fully saturated rings. The summed E-state index contributed by atoms with van der Waals surface area (Å²) in [4.78, 5) is 2.64. The van der Waals surface area contributed by atoms with Crippen molar-refractivity contribution < 1.29 is 9.31 Å². The van der Waals surface area contributed by atoms with Gasteiger partial charge in [0, 0.05) is 19.1 Å². The van der Waals surface area contributed by atoms with E-state index < -0.39 is 0 Å². The predicted octanol–water partition coefficient (Wildman–Crippen LogP) is 3.19. The summed E-state index contributed by atoms with van der Waals surface area (Å²) < 4.78 is 12.3. The van der Waals surface area contributed by atoms with Gasteiger partial charge in [-0.15, -0.1) is 0 Å². The molecular weight excluding hydrogens is 249 g/mol. The number of hydrogen-bond acceptors (Lipinski definition) is 3. The molecule has 112 valence electrons. The largest absolute Gasteiger partial charge is 0.490 e. The molecule has 0 spiro atoms. The van der Waals surface area contributed by atoms with Crippen molar-refractivity contribution in [2.24, 2.45) is 0 Å². The Hall–Kier alpha value is -0.315. The van der Waals surface area contributed by atoms with Crippen molar-refractivity contribution in [2.75, 3.05) is 13.1 Å². The fraction of sp³-hybridized carbons (Fsp3) is 0.875. The summed E-state index contributed by atoms with van der Waals surface area (Å²) in [5, 5.41) is 0. The Balaban J connectivity index is 1.62. The molecule has 3 nitrogen and oxygen atoms in total. The third kappa shape index (κ3) is 2.58. The van der Waals surface area contributed by atoms with Gasteiger partial charge in [0.25, 0.3) is 0 Å². The molecule has 2 heterocycles. The average Bonchev–Trinajstić information content (AvgIpc) is 2.97. The molecule has 1 saturated carbocycles. The third-order valence-corrected chi connectivity index (χ3v) is 5.67. The summed E-state index contributed by atoms with van der Waals surface area (Å²) in [5.41, 5.74) is 0.903. The molecule has 4 heteroatoms. The highest BCUT2D eigenvalue weighted by atomic mass is 16.7. The summed E-state index contributed by atoms with van der Waals surface area (Å²) in [6.07, 6.45) is 9.04. The fourth-order valence-corrected chi connectivity index (χ4v) is 3.51. The smallest absolute Gasteiger partial charge is 0.400 e. The number of nitrogens with zero attached hydrogens (tertiary/aromatic N) is 1. The average molecular weight is 277 g/mol. The molecule has 0 amide bonds. The van der Waals surface area contributed by atoms with Gasteiger partial charge in [-0.05, 0) is 52.4 Å². The molecule has 0 radical (unpaired) electrons. The van der Waals surface area contributed by atoms with Gasteiger partial charge in [-0.2, -0.15) is 0 Å². The zero-order chi connectivity index (χ0) is 14.4. The maximum atomic E-state index is 6.16. The van der Waals surface area contributed by atoms with E-state index in [4.69, 9.17) is 9.31 Å². The maximum Gasteiger partial charge on any atom is 0.490 e. The first-order valence-electron chi connectivity index (χ1n) is 8.18. The minimum atomic E-state index is -0.221. The highest BCUT2D eigenvalue weighted by Crippen LogP contribution is 2.39. The van der Waals surface area contributed by atoms with Crippen LogP contribution in [0.5, 0.6) is 0 Å². The molecule has 0 atom stereocenters. The van der Waals surface area contributed by atoms with Crippen molar-refractivity contribution in [3.8, 4) is 0 Å². The summed E-state index contributed by atoms with van der Waals surface area (Å²) >= 11 is 0. The highest BCUT2D eigenvalue weighted by molar-refractivity contribution is 6.54. The Labute approximate surface area is 123 Å². The van der Waals surface area contributed by atoms with E-state index in [0.717, 1.165) is 19.0 Å². The second-order valence-electron chi connectivity index (χ2n) is 7.55. The van der Waals surface area contributed by atoms with Gasteiger partial charge >= 0.3 is 7.12 Å². The third-order valence-electron chi connectivity index (χ3n) is 5.67. The summed E-state index contributed by atoms with van der Waals surface area (Å²) in [5.74, 6) is 0. The summed E-state index contributed by atoms with van der Waals surface area (Å²) in [7, 11) is -0.134. The molecule has 1 aliphatic carbocycles. The first-order chi connectivity index (χ1) is 9.39. The summed E-state index contributed by atoms with van der Waals surface area (Å²) in [6, 6.07) is 0.825. The van der Waals surface area contributed by atoms with Crippen molar-refractivity contribution in [1.29, 1.82) is 0 Å². The lowest BCUT2D eigenvalue weighted by Crippen LogP contribution is -2.41. The van der Waals surface area contributed by atoms with Crippen LogP contribution in [0.4, 0.5) is 0 Å². The number of rotatable bonds is 2. The van der Waals surface area contributed by atoms with Crippen LogP contribution >= 0.6 is 0 Å². The van der Waals surface area contributed by atoms with E-state index in [2.05, 4.69) is 38.7 Å². The standard InChI is InChI=1S/C16H28BNO2/c1-15(2)16(3,4)20-17(19-15)13-9-11-18(12-10-13)14-7-5-6-8-14/h9,14H,5-8,10-12H2,1-4H3. The second kappa shape index (κ2) is 5.15. The van der Waals surface area contributed by atoms with Gasteiger partial charge < -0.3 is 9.31 Å². The minimum Gasteiger partial charge on any atom is -0.400 e. The van der Waals surface area contributed by atoms with Crippen LogP contribution in [-0.2, 0) is 9.31 Å². The monoisotopic (exact) mass is 277 g/mol. The van der Waals surface area contributed by atoms with Crippen molar-refractivity contribution in [1.82, 2.24) is 4.90 Å². The van der Waals surface area contributed by atoms with Gasteiger partial charge in [-0.3, -0.25) is 4.90 Å². The molecule has 0 aromatic carbocycles. The summed E-state index contributed by atoms with van der Waals surface area (Å²) in [6.45, 7) is 10.7. The first kappa shape index (κ1) is 14.6. The van der Waals surface area contributed by atoms with E-state index in [-0.39, 0.29) is 18.3 Å². The van der Waals surface area contributed by atoms with Crippen molar-refractivity contribution in [3.63, 3.8) is 0 Å². The lowest BCUT2D eigenvalue weighted by Gasteiger charge is -2.32. The first-order valence-corrected chi connectivity index (χ1v) is 8.18. The molecule has 20 heavy (non-hydrogen) atoms. The molecule has 1 saturated heterocycles. The van der Waals surface area contributed by atoms with Crippen LogP contribution in [0.2, 0.25) is 0 Å². The van der Waals surface area contributed by atoms with E-state index in [1.807, 2.05) is 0 Å². The van der Waals surface area contributed by atoms with E-state index in [9.17, 15) is 0 Å². The van der Waals surface area contributed by atoms with E-state index in [1.165, 1.54) is 37.7 Å². The second-order valence-corrected chi connectivity index (χ2v) is 7.55. The van der Waals surface area contributed by atoms with Crippen LogP contribution in [-0.4, -0.2) is 42.4 Å². The van der Waals surface area contributed by atoms with Gasteiger partial charge in [0.2, 0.25) is 0 Å². The van der Waals surface area contributed by atoms with E-state index in [0.29, 0.717) is 0 Å². The van der Waals surface area contributed by atoms with Crippen molar-refractivity contribution >= 4 is 7.12 Å². The lowest BCUT2D eigenvalue weighted by atomic mass is 9.74. The lowest BCUT2D eigenvalue weighted by molar-refractivity contribution is 0.00578. The Bertz CT molecular complexity index is 383. The molecule has 0 N–H and O–H groups in total. The van der Waals surface area contributed by atoms with Gasteiger partial charge in [-0.25, -0.2) is 0 Å². The Morgan fingerprint density at radius 2 is 1.70 bits per heavy atom. The molecule has 3 rings (SSSR count). The van der Waals surface area contributed by atoms with Crippen molar-refractivity contribution in [3.05, 3.63) is 11.5 Å². The number of hydrogen-bond donors (Lipinski definition) is 0. The fourth-order valence-electron chi connectivity index (χ4n) is 3.51. The van der Waals surface area contributed by atoms with Crippen LogP contribution in [0.3, 0.4) is 0 Å². The molecule has 3 aliphatic rings. The molecular formula is C16H28BNO2. The normalized spacial score (nSPS) is 30.8. The molecule has 0 aromatic heterocycles. The van der Waals surface area contributed by atoms with Crippen LogP contribution in [0.25, 0.3) is 0 Å². The predicted molar refractivity (Wildman–Crippen MR) is 82.6 cm³/mol. The zero-order valence-electron chi connectivity index (χ0n) is 13.4. The van der Waals surface area contributed by atoms with Crippen molar-refractivity contribution in [2.45, 2.75) is 77.0 Å².